The lowest BCUT2D eigenvalue weighted by Gasteiger charge is -2.32. The summed E-state index contributed by atoms with van der Waals surface area (Å²) in [6.45, 7) is 2.14. The fourth-order valence-electron chi connectivity index (χ4n) is 2.08. The van der Waals surface area contributed by atoms with Gasteiger partial charge in [0.2, 0.25) is 0 Å². The van der Waals surface area contributed by atoms with E-state index >= 15 is 0 Å². The average Bonchev–Trinajstić information content (AvgIpc) is 2.63. The lowest BCUT2D eigenvalue weighted by atomic mass is 9.81. The minimum Gasteiger partial charge on any atom is -0.379 e. The highest BCUT2D eigenvalue weighted by atomic mass is 16.5. The Kier molecular flexibility index (Phi) is 3.43. The summed E-state index contributed by atoms with van der Waals surface area (Å²) in [6.07, 6.45) is 2.99. The predicted octanol–water partition coefficient (Wildman–Crippen LogP) is -0.188. The molecule has 1 saturated carbocycles. The van der Waals surface area contributed by atoms with Crippen LogP contribution < -0.4 is 16.4 Å². The van der Waals surface area contributed by atoms with Crippen molar-refractivity contribution in [2.75, 3.05) is 19.8 Å². The Labute approximate surface area is 89.7 Å². The fourth-order valence-corrected chi connectivity index (χ4v) is 2.08. The van der Waals surface area contributed by atoms with Crippen molar-refractivity contribution < 1.29 is 9.53 Å². The zero-order valence-corrected chi connectivity index (χ0v) is 8.87. The molecule has 1 aliphatic heterocycles. The van der Waals surface area contributed by atoms with Crippen LogP contribution in [0.25, 0.3) is 0 Å². The van der Waals surface area contributed by atoms with Crippen LogP contribution >= 0.6 is 0 Å². The molecule has 1 aliphatic carbocycles. The van der Waals surface area contributed by atoms with E-state index < -0.39 is 0 Å². The van der Waals surface area contributed by atoms with Crippen LogP contribution in [0.3, 0.4) is 0 Å². The quantitative estimate of drug-likeness (QED) is 0.608. The summed E-state index contributed by atoms with van der Waals surface area (Å²) < 4.78 is 5.17. The maximum atomic E-state index is 11.4. The molecule has 1 unspecified atom stereocenters. The van der Waals surface area contributed by atoms with Crippen LogP contribution in [0.15, 0.2) is 0 Å². The third-order valence-corrected chi connectivity index (χ3v) is 3.09. The normalized spacial score (nSPS) is 34.6. The molecule has 1 saturated heterocycles. The van der Waals surface area contributed by atoms with E-state index in [1.807, 2.05) is 0 Å². The van der Waals surface area contributed by atoms with E-state index in [0.29, 0.717) is 18.6 Å². The molecular weight excluding hydrogens is 194 g/mol. The highest BCUT2D eigenvalue weighted by molar-refractivity contribution is 5.74. The van der Waals surface area contributed by atoms with Gasteiger partial charge in [0.25, 0.3) is 0 Å². The fraction of sp³-hybridized carbons (Fsp3) is 0.900. The van der Waals surface area contributed by atoms with E-state index in [-0.39, 0.29) is 12.1 Å². The first kappa shape index (κ1) is 10.7. The monoisotopic (exact) mass is 213 g/mol. The van der Waals surface area contributed by atoms with Crippen molar-refractivity contribution in [3.05, 3.63) is 0 Å². The average molecular weight is 213 g/mol. The minimum atomic E-state index is -0.0778. The molecule has 15 heavy (non-hydrogen) atoms. The van der Waals surface area contributed by atoms with Gasteiger partial charge in [-0.25, -0.2) is 4.79 Å². The topological polar surface area (TPSA) is 76.4 Å². The summed E-state index contributed by atoms with van der Waals surface area (Å²) in [7, 11) is 0. The standard InChI is InChI=1S/C10H19N3O2/c11-8-3-7(4-8)5-12-10(14)13-9-1-2-15-6-9/h7-9H,1-6,11H2,(H2,12,13,14). The van der Waals surface area contributed by atoms with Crippen molar-refractivity contribution in [1.29, 1.82) is 0 Å². The van der Waals surface area contributed by atoms with E-state index in [1.165, 1.54) is 0 Å². The molecule has 5 heteroatoms. The predicted molar refractivity (Wildman–Crippen MR) is 56.5 cm³/mol. The van der Waals surface area contributed by atoms with Crippen LogP contribution in [0.1, 0.15) is 19.3 Å². The summed E-state index contributed by atoms with van der Waals surface area (Å²) in [5, 5.41) is 5.76. The number of rotatable bonds is 3. The third kappa shape index (κ3) is 3.07. The summed E-state index contributed by atoms with van der Waals surface area (Å²) in [5.41, 5.74) is 5.66. The van der Waals surface area contributed by atoms with Crippen molar-refractivity contribution in [2.24, 2.45) is 11.7 Å². The highest BCUT2D eigenvalue weighted by Crippen LogP contribution is 2.24. The number of carbonyl (C=O) groups is 1. The van der Waals surface area contributed by atoms with Crippen LogP contribution in [0.5, 0.6) is 0 Å². The molecule has 0 bridgehead atoms. The maximum absolute atomic E-state index is 11.4. The largest absolute Gasteiger partial charge is 0.379 e. The van der Waals surface area contributed by atoms with Crippen molar-refractivity contribution in [3.63, 3.8) is 0 Å². The lowest BCUT2D eigenvalue weighted by molar-refractivity contribution is 0.187. The number of urea groups is 1. The molecule has 2 fully saturated rings. The van der Waals surface area contributed by atoms with E-state index in [2.05, 4.69) is 10.6 Å². The van der Waals surface area contributed by atoms with Gasteiger partial charge in [-0.2, -0.15) is 0 Å². The molecular formula is C10H19N3O2. The van der Waals surface area contributed by atoms with Gasteiger partial charge in [0.1, 0.15) is 0 Å². The first-order valence-electron chi connectivity index (χ1n) is 5.61. The first-order chi connectivity index (χ1) is 7.24. The number of carbonyl (C=O) groups excluding carboxylic acids is 1. The zero-order valence-electron chi connectivity index (χ0n) is 8.87. The van der Waals surface area contributed by atoms with Gasteiger partial charge >= 0.3 is 6.03 Å². The summed E-state index contributed by atoms with van der Waals surface area (Å²) in [5.74, 6) is 0.575. The van der Waals surface area contributed by atoms with Gasteiger partial charge < -0.3 is 21.1 Å². The van der Waals surface area contributed by atoms with Gasteiger partial charge in [0.15, 0.2) is 0 Å². The summed E-state index contributed by atoms with van der Waals surface area (Å²) >= 11 is 0. The molecule has 1 atom stereocenters. The van der Waals surface area contributed by atoms with Crippen molar-refractivity contribution in [1.82, 2.24) is 10.6 Å². The van der Waals surface area contributed by atoms with Crippen LogP contribution in [0, 0.1) is 5.92 Å². The molecule has 0 spiro atoms. The second kappa shape index (κ2) is 4.81. The Morgan fingerprint density at radius 2 is 2.27 bits per heavy atom. The van der Waals surface area contributed by atoms with Crippen molar-refractivity contribution in [2.45, 2.75) is 31.3 Å². The molecule has 1 heterocycles. The molecule has 0 aromatic carbocycles. The number of amides is 2. The number of nitrogens with one attached hydrogen (secondary N) is 2. The Bertz CT molecular complexity index is 223. The first-order valence-corrected chi connectivity index (χ1v) is 5.61. The lowest BCUT2D eigenvalue weighted by Crippen LogP contribution is -2.47. The molecule has 2 rings (SSSR count). The van der Waals surface area contributed by atoms with Crippen molar-refractivity contribution in [3.8, 4) is 0 Å². The van der Waals surface area contributed by atoms with Crippen LogP contribution in [-0.2, 0) is 4.74 Å². The SMILES string of the molecule is NC1CC(CNC(=O)NC2CCOC2)C1. The van der Waals surface area contributed by atoms with Crippen molar-refractivity contribution >= 4 is 6.03 Å². The number of hydrogen-bond donors (Lipinski definition) is 3. The molecule has 0 aromatic heterocycles. The number of ether oxygens (including phenoxy) is 1. The smallest absolute Gasteiger partial charge is 0.315 e. The second-order valence-electron chi connectivity index (χ2n) is 4.51. The summed E-state index contributed by atoms with van der Waals surface area (Å²) in [4.78, 5) is 11.4. The van der Waals surface area contributed by atoms with Crippen LogP contribution in [-0.4, -0.2) is 37.9 Å². The Morgan fingerprint density at radius 1 is 1.47 bits per heavy atom. The Hall–Kier alpha value is -0.810. The molecule has 2 amide bonds. The zero-order chi connectivity index (χ0) is 10.7. The van der Waals surface area contributed by atoms with E-state index in [0.717, 1.165) is 32.4 Å². The third-order valence-electron chi connectivity index (χ3n) is 3.09. The van der Waals surface area contributed by atoms with Gasteiger partial charge in [-0.1, -0.05) is 0 Å². The second-order valence-corrected chi connectivity index (χ2v) is 4.51. The van der Waals surface area contributed by atoms with E-state index in [4.69, 9.17) is 10.5 Å². The van der Waals surface area contributed by atoms with Crippen LogP contribution in [0.4, 0.5) is 4.79 Å². The van der Waals surface area contributed by atoms with Gasteiger partial charge in [-0.15, -0.1) is 0 Å². The molecule has 86 valence electrons. The summed E-state index contributed by atoms with van der Waals surface area (Å²) in [6, 6.07) is 0.461. The molecule has 0 aromatic rings. The Balaban J connectivity index is 1.56. The number of hydrogen-bond acceptors (Lipinski definition) is 3. The maximum Gasteiger partial charge on any atom is 0.315 e. The number of nitrogens with two attached hydrogens (primary N) is 1. The molecule has 0 radical (unpaired) electrons. The minimum absolute atomic E-state index is 0.0778. The van der Waals surface area contributed by atoms with Gasteiger partial charge in [0, 0.05) is 19.2 Å². The molecule has 5 nitrogen and oxygen atoms in total. The Morgan fingerprint density at radius 3 is 2.87 bits per heavy atom. The van der Waals surface area contributed by atoms with Gasteiger partial charge in [-0.3, -0.25) is 0 Å². The molecule has 2 aliphatic rings. The van der Waals surface area contributed by atoms with E-state index in [9.17, 15) is 4.79 Å². The highest BCUT2D eigenvalue weighted by Gasteiger charge is 2.26. The molecule has 4 N–H and O–H groups in total. The van der Waals surface area contributed by atoms with Crippen LogP contribution in [0.2, 0.25) is 0 Å². The van der Waals surface area contributed by atoms with Gasteiger partial charge in [0.05, 0.1) is 12.6 Å². The van der Waals surface area contributed by atoms with Gasteiger partial charge in [-0.05, 0) is 25.2 Å². The van der Waals surface area contributed by atoms with E-state index in [1.54, 1.807) is 0 Å².